The van der Waals surface area contributed by atoms with Crippen molar-refractivity contribution in [2.75, 3.05) is 0 Å². The number of carbonyl (C=O) groups is 1. The molecule has 0 atom stereocenters. The Morgan fingerprint density at radius 2 is 2.00 bits per heavy atom. The largest absolute Gasteiger partial charge is 0.355 e. The summed E-state index contributed by atoms with van der Waals surface area (Å²) in [5.41, 5.74) is 1.98. The summed E-state index contributed by atoms with van der Waals surface area (Å²) in [5.74, 6) is 0.225. The van der Waals surface area contributed by atoms with Gasteiger partial charge < -0.3 is 9.84 Å². The SMILES string of the molecule is O=C(NCc1ccncc1)c1cc(-c2cccnc2)on1. The van der Waals surface area contributed by atoms with Gasteiger partial charge in [0.05, 0.1) is 0 Å². The Morgan fingerprint density at radius 3 is 2.76 bits per heavy atom. The standard InChI is InChI=1S/C15H12N4O2/c20-15(18-9-11-3-6-16-7-4-11)13-8-14(21-19-13)12-2-1-5-17-10-12/h1-8,10H,9H2,(H,18,20). The average Bonchev–Trinajstić information content (AvgIpc) is 3.04. The number of rotatable bonds is 4. The molecule has 0 radical (unpaired) electrons. The number of nitrogens with zero attached hydrogens (tertiary/aromatic N) is 3. The molecule has 3 aromatic heterocycles. The van der Waals surface area contributed by atoms with E-state index in [0.717, 1.165) is 11.1 Å². The van der Waals surface area contributed by atoms with Crippen LogP contribution in [0.3, 0.4) is 0 Å². The number of hydrogen-bond donors (Lipinski definition) is 1. The molecule has 104 valence electrons. The lowest BCUT2D eigenvalue weighted by molar-refractivity contribution is 0.0942. The first kappa shape index (κ1) is 13.0. The molecule has 6 nitrogen and oxygen atoms in total. The molecule has 3 aromatic rings. The van der Waals surface area contributed by atoms with E-state index in [1.165, 1.54) is 0 Å². The molecule has 0 saturated carbocycles. The molecule has 6 heteroatoms. The molecule has 1 N–H and O–H groups in total. The van der Waals surface area contributed by atoms with Crippen molar-refractivity contribution in [1.29, 1.82) is 0 Å². The summed E-state index contributed by atoms with van der Waals surface area (Å²) in [5, 5.41) is 6.55. The van der Waals surface area contributed by atoms with Gasteiger partial charge in [0, 0.05) is 43.0 Å². The molecule has 0 fully saturated rings. The molecule has 1 amide bonds. The zero-order chi connectivity index (χ0) is 14.5. The molecule has 0 bridgehead atoms. The van der Waals surface area contributed by atoms with Crippen LogP contribution >= 0.6 is 0 Å². The molecular formula is C15H12N4O2. The normalized spacial score (nSPS) is 10.3. The highest BCUT2D eigenvalue weighted by Gasteiger charge is 2.13. The third-order valence-corrected chi connectivity index (χ3v) is 2.89. The lowest BCUT2D eigenvalue weighted by atomic mass is 10.2. The summed E-state index contributed by atoms with van der Waals surface area (Å²) >= 11 is 0. The first-order valence-electron chi connectivity index (χ1n) is 6.37. The summed E-state index contributed by atoms with van der Waals surface area (Å²) in [6.07, 6.45) is 6.68. The predicted octanol–water partition coefficient (Wildman–Crippen LogP) is 2.06. The lowest BCUT2D eigenvalue weighted by Crippen LogP contribution is -2.22. The van der Waals surface area contributed by atoms with Crippen LogP contribution in [0.5, 0.6) is 0 Å². The van der Waals surface area contributed by atoms with Crippen molar-refractivity contribution in [2.45, 2.75) is 6.54 Å². The van der Waals surface area contributed by atoms with Gasteiger partial charge in [0.25, 0.3) is 5.91 Å². The Bertz CT molecular complexity index is 726. The van der Waals surface area contributed by atoms with Crippen LogP contribution < -0.4 is 5.32 Å². The van der Waals surface area contributed by atoms with Gasteiger partial charge in [0.1, 0.15) is 0 Å². The Kier molecular flexibility index (Phi) is 3.68. The van der Waals surface area contributed by atoms with Gasteiger partial charge in [0.15, 0.2) is 11.5 Å². The first-order chi connectivity index (χ1) is 10.3. The molecule has 0 aromatic carbocycles. The van der Waals surface area contributed by atoms with E-state index in [9.17, 15) is 4.79 Å². The fraction of sp³-hybridized carbons (Fsp3) is 0.0667. The van der Waals surface area contributed by atoms with Crippen molar-refractivity contribution in [3.8, 4) is 11.3 Å². The molecule has 3 rings (SSSR count). The Balaban J connectivity index is 1.67. The van der Waals surface area contributed by atoms with Gasteiger partial charge in [-0.1, -0.05) is 5.16 Å². The fourth-order valence-corrected chi connectivity index (χ4v) is 1.80. The van der Waals surface area contributed by atoms with E-state index in [1.54, 1.807) is 36.9 Å². The van der Waals surface area contributed by atoms with E-state index in [1.807, 2.05) is 18.2 Å². The molecule has 0 aliphatic rings. The topological polar surface area (TPSA) is 80.9 Å². The number of carbonyl (C=O) groups excluding carboxylic acids is 1. The van der Waals surface area contributed by atoms with Crippen LogP contribution in [0.1, 0.15) is 16.1 Å². The van der Waals surface area contributed by atoms with Gasteiger partial charge in [-0.2, -0.15) is 0 Å². The Hall–Kier alpha value is -3.02. The highest BCUT2D eigenvalue weighted by Crippen LogP contribution is 2.18. The summed E-state index contributed by atoms with van der Waals surface area (Å²) < 4.78 is 5.16. The molecule has 0 aliphatic carbocycles. The van der Waals surface area contributed by atoms with Crippen molar-refractivity contribution in [3.63, 3.8) is 0 Å². The molecule has 0 aliphatic heterocycles. The minimum atomic E-state index is -0.286. The maximum atomic E-state index is 12.0. The van der Waals surface area contributed by atoms with E-state index in [4.69, 9.17) is 4.52 Å². The van der Waals surface area contributed by atoms with E-state index >= 15 is 0 Å². The number of aromatic nitrogens is 3. The smallest absolute Gasteiger partial charge is 0.273 e. The summed E-state index contributed by atoms with van der Waals surface area (Å²) in [6, 6.07) is 8.90. The van der Waals surface area contributed by atoms with Crippen molar-refractivity contribution in [3.05, 3.63) is 66.4 Å². The highest BCUT2D eigenvalue weighted by atomic mass is 16.5. The maximum absolute atomic E-state index is 12.0. The van der Waals surface area contributed by atoms with Gasteiger partial charge >= 0.3 is 0 Å². The summed E-state index contributed by atoms with van der Waals surface area (Å²) in [7, 11) is 0. The lowest BCUT2D eigenvalue weighted by Gasteiger charge is -2.01. The van der Waals surface area contributed by atoms with E-state index in [-0.39, 0.29) is 11.6 Å². The third kappa shape index (κ3) is 3.11. The second-order valence-electron chi connectivity index (χ2n) is 4.36. The maximum Gasteiger partial charge on any atom is 0.273 e. The van der Waals surface area contributed by atoms with Gasteiger partial charge in [-0.15, -0.1) is 0 Å². The van der Waals surface area contributed by atoms with Gasteiger partial charge in [-0.25, -0.2) is 0 Å². The number of hydrogen-bond acceptors (Lipinski definition) is 5. The number of nitrogens with one attached hydrogen (secondary N) is 1. The molecule has 0 unspecified atom stereocenters. The van der Waals surface area contributed by atoms with Crippen molar-refractivity contribution >= 4 is 5.91 Å². The second-order valence-corrected chi connectivity index (χ2v) is 4.36. The molecule has 21 heavy (non-hydrogen) atoms. The molecule has 3 heterocycles. The van der Waals surface area contributed by atoms with E-state index in [2.05, 4.69) is 20.4 Å². The van der Waals surface area contributed by atoms with Gasteiger partial charge in [-0.05, 0) is 29.8 Å². The van der Waals surface area contributed by atoms with Crippen LogP contribution in [0, 0.1) is 0 Å². The zero-order valence-corrected chi connectivity index (χ0v) is 11.1. The van der Waals surface area contributed by atoms with Gasteiger partial charge in [-0.3, -0.25) is 14.8 Å². The van der Waals surface area contributed by atoms with Gasteiger partial charge in [0.2, 0.25) is 0 Å². The molecule has 0 saturated heterocycles. The number of amides is 1. The van der Waals surface area contributed by atoms with E-state index in [0.29, 0.717) is 12.3 Å². The van der Waals surface area contributed by atoms with E-state index < -0.39 is 0 Å². The highest BCUT2D eigenvalue weighted by molar-refractivity contribution is 5.93. The monoisotopic (exact) mass is 280 g/mol. The quantitative estimate of drug-likeness (QED) is 0.791. The first-order valence-corrected chi connectivity index (χ1v) is 6.37. The van der Waals surface area contributed by atoms with Crippen LogP contribution in [0.2, 0.25) is 0 Å². The third-order valence-electron chi connectivity index (χ3n) is 2.89. The average molecular weight is 280 g/mol. The minimum absolute atomic E-state index is 0.239. The van der Waals surface area contributed by atoms with Crippen LogP contribution in [-0.4, -0.2) is 21.0 Å². The van der Waals surface area contributed by atoms with Crippen molar-refractivity contribution < 1.29 is 9.32 Å². The molecule has 0 spiro atoms. The van der Waals surface area contributed by atoms with Crippen LogP contribution in [0.15, 0.2) is 59.6 Å². The fourth-order valence-electron chi connectivity index (χ4n) is 1.80. The number of pyridine rings is 2. The Morgan fingerprint density at radius 1 is 1.14 bits per heavy atom. The van der Waals surface area contributed by atoms with Crippen molar-refractivity contribution in [2.24, 2.45) is 0 Å². The van der Waals surface area contributed by atoms with Crippen molar-refractivity contribution in [1.82, 2.24) is 20.4 Å². The molecular weight excluding hydrogens is 268 g/mol. The predicted molar refractivity (Wildman–Crippen MR) is 75.1 cm³/mol. The summed E-state index contributed by atoms with van der Waals surface area (Å²) in [6.45, 7) is 0.413. The summed E-state index contributed by atoms with van der Waals surface area (Å²) in [4.78, 5) is 19.9. The van der Waals surface area contributed by atoms with Crippen LogP contribution in [-0.2, 0) is 6.54 Å². The van der Waals surface area contributed by atoms with Crippen LogP contribution in [0.4, 0.5) is 0 Å². The zero-order valence-electron chi connectivity index (χ0n) is 11.1. The minimum Gasteiger partial charge on any atom is -0.355 e. The Labute approximate surface area is 120 Å². The second kappa shape index (κ2) is 5.96. The van der Waals surface area contributed by atoms with Crippen LogP contribution in [0.25, 0.3) is 11.3 Å².